The van der Waals surface area contributed by atoms with Crippen LogP contribution in [0.5, 0.6) is 0 Å². The van der Waals surface area contributed by atoms with Gasteiger partial charge in [0.1, 0.15) is 12.4 Å². The molecule has 0 fully saturated rings. The first-order valence-electron chi connectivity index (χ1n) is 12.2. The maximum Gasteiger partial charge on any atom is 0.322 e. The van der Waals surface area contributed by atoms with Crippen molar-refractivity contribution in [2.24, 2.45) is 13.0 Å². The lowest BCUT2D eigenvalue weighted by Crippen LogP contribution is -2.43. The van der Waals surface area contributed by atoms with Crippen molar-refractivity contribution in [1.82, 2.24) is 14.7 Å². The number of aromatic nitrogens is 2. The smallest absolute Gasteiger partial charge is 0.315 e. The number of aryl methyl sites for hydroxylation is 1. The normalized spacial score (nSPS) is 11.9. The van der Waals surface area contributed by atoms with E-state index in [0.717, 1.165) is 22.5 Å². The van der Waals surface area contributed by atoms with Crippen LogP contribution in [0.3, 0.4) is 0 Å². The number of amides is 3. The van der Waals surface area contributed by atoms with E-state index in [2.05, 4.69) is 76.3 Å². The second-order valence-corrected chi connectivity index (χ2v) is 11.2. The molecule has 7 nitrogen and oxygen atoms in total. The van der Waals surface area contributed by atoms with Crippen molar-refractivity contribution in [3.8, 4) is 0 Å². The quantitative estimate of drug-likeness (QED) is 0.491. The summed E-state index contributed by atoms with van der Waals surface area (Å²) in [6.07, 6.45) is 0. The maximum absolute atomic E-state index is 13.4. The highest BCUT2D eigenvalue weighted by molar-refractivity contribution is 5.97. The van der Waals surface area contributed by atoms with Gasteiger partial charge in [0.25, 0.3) is 0 Å². The third kappa shape index (κ3) is 7.08. The fourth-order valence-corrected chi connectivity index (χ4v) is 3.85. The van der Waals surface area contributed by atoms with Crippen LogP contribution in [0.15, 0.2) is 24.3 Å². The van der Waals surface area contributed by atoms with Crippen LogP contribution < -0.4 is 10.6 Å². The molecule has 0 saturated carbocycles. The highest BCUT2D eigenvalue weighted by Gasteiger charge is 2.24. The fourth-order valence-electron chi connectivity index (χ4n) is 3.85. The van der Waals surface area contributed by atoms with Crippen LogP contribution in [0.1, 0.15) is 91.0 Å². The van der Waals surface area contributed by atoms with E-state index in [1.165, 1.54) is 0 Å². The molecule has 2 N–H and O–H groups in total. The molecule has 0 spiro atoms. The molecule has 0 aliphatic carbocycles. The fraction of sp³-hybridized carbons (Fsp3) is 0.593. The maximum atomic E-state index is 13.4. The summed E-state index contributed by atoms with van der Waals surface area (Å²) in [5.74, 6) is 1.11. The summed E-state index contributed by atoms with van der Waals surface area (Å²) in [4.78, 5) is 27.9. The number of benzene rings is 1. The van der Waals surface area contributed by atoms with Gasteiger partial charge in [-0.05, 0) is 28.9 Å². The molecule has 2 rings (SSSR count). The van der Waals surface area contributed by atoms with E-state index in [9.17, 15) is 9.59 Å². The van der Waals surface area contributed by atoms with Crippen LogP contribution in [0.4, 0.5) is 16.3 Å². The van der Waals surface area contributed by atoms with Crippen molar-refractivity contribution in [3.63, 3.8) is 0 Å². The van der Waals surface area contributed by atoms with Gasteiger partial charge in [-0.3, -0.25) is 9.48 Å². The number of hydrogen-bond donors (Lipinski definition) is 2. The molecule has 188 valence electrons. The SMILES string of the molecule is CC(C)CN(CC(=O)Nc1cc(C(C)(C)C)nn1C)C(=O)Nc1c(C(C)C)cccc1C(C)C. The molecule has 0 radical (unpaired) electrons. The van der Waals surface area contributed by atoms with E-state index in [1.54, 1.807) is 16.6 Å². The Morgan fingerprint density at radius 3 is 2.00 bits per heavy atom. The first-order chi connectivity index (χ1) is 15.7. The van der Waals surface area contributed by atoms with Gasteiger partial charge in [0, 0.05) is 30.8 Å². The van der Waals surface area contributed by atoms with E-state index in [4.69, 9.17) is 0 Å². The topological polar surface area (TPSA) is 79.3 Å². The van der Waals surface area contributed by atoms with Gasteiger partial charge in [-0.2, -0.15) is 5.10 Å². The highest BCUT2D eigenvalue weighted by Crippen LogP contribution is 2.32. The van der Waals surface area contributed by atoms with Crippen LogP contribution in [-0.2, 0) is 17.3 Å². The van der Waals surface area contributed by atoms with E-state index in [-0.39, 0.29) is 41.7 Å². The summed E-state index contributed by atoms with van der Waals surface area (Å²) in [7, 11) is 1.81. The molecule has 0 unspecified atom stereocenters. The molecule has 0 bridgehead atoms. The molecule has 3 amide bonds. The van der Waals surface area contributed by atoms with Crippen molar-refractivity contribution >= 4 is 23.4 Å². The number of carbonyl (C=O) groups excluding carboxylic acids is 2. The van der Waals surface area contributed by atoms with Crippen molar-refractivity contribution in [2.45, 2.75) is 79.6 Å². The highest BCUT2D eigenvalue weighted by atomic mass is 16.2. The third-order valence-corrected chi connectivity index (χ3v) is 5.73. The predicted molar refractivity (Wildman–Crippen MR) is 141 cm³/mol. The molecule has 1 aromatic heterocycles. The summed E-state index contributed by atoms with van der Waals surface area (Å²) < 4.78 is 1.67. The Bertz CT molecular complexity index is 973. The summed E-state index contributed by atoms with van der Waals surface area (Å²) in [5, 5.41) is 10.6. The molecule has 0 aliphatic heterocycles. The molecular weight excluding hydrogens is 426 g/mol. The summed E-state index contributed by atoms with van der Waals surface area (Å²) in [6, 6.07) is 7.78. The van der Waals surface area contributed by atoms with Crippen molar-refractivity contribution in [3.05, 3.63) is 41.1 Å². The molecule has 2 aromatic rings. The first kappa shape index (κ1) is 27.4. The number of hydrogen-bond acceptors (Lipinski definition) is 3. The van der Waals surface area contributed by atoms with Crippen molar-refractivity contribution in [2.75, 3.05) is 23.7 Å². The average molecular weight is 470 g/mol. The number of rotatable bonds is 8. The van der Waals surface area contributed by atoms with Crippen LogP contribution in [-0.4, -0.2) is 39.7 Å². The molecular formula is C27H43N5O2. The molecule has 1 aromatic carbocycles. The Morgan fingerprint density at radius 2 is 1.56 bits per heavy atom. The lowest BCUT2D eigenvalue weighted by atomic mass is 9.92. The van der Waals surface area contributed by atoms with E-state index < -0.39 is 0 Å². The Kier molecular flexibility index (Phi) is 8.92. The standard InChI is InChI=1S/C27H43N5O2/c1-17(2)15-32(16-24(33)28-23-14-22(27(7,8)9)30-31(23)10)26(34)29-25-20(18(3)4)12-11-13-21(25)19(5)6/h11-14,17-19H,15-16H2,1-10H3,(H,28,33)(H,29,34). The van der Waals surface area contributed by atoms with E-state index in [1.807, 2.05) is 26.0 Å². The summed E-state index contributed by atoms with van der Waals surface area (Å²) >= 11 is 0. The minimum absolute atomic E-state index is 0.0408. The lowest BCUT2D eigenvalue weighted by molar-refractivity contribution is -0.116. The molecule has 34 heavy (non-hydrogen) atoms. The van der Waals surface area contributed by atoms with Crippen LogP contribution in [0.25, 0.3) is 0 Å². The Balaban J connectivity index is 2.25. The lowest BCUT2D eigenvalue weighted by Gasteiger charge is -2.27. The van der Waals surface area contributed by atoms with Gasteiger partial charge in [0.05, 0.1) is 5.69 Å². The van der Waals surface area contributed by atoms with Crippen LogP contribution >= 0.6 is 0 Å². The first-order valence-corrected chi connectivity index (χ1v) is 12.2. The largest absolute Gasteiger partial charge is 0.322 e. The van der Waals surface area contributed by atoms with Crippen LogP contribution in [0, 0.1) is 5.92 Å². The minimum Gasteiger partial charge on any atom is -0.315 e. The number of para-hydroxylation sites is 1. The van der Waals surface area contributed by atoms with E-state index in [0.29, 0.717) is 12.4 Å². The molecule has 0 saturated heterocycles. The number of carbonyl (C=O) groups is 2. The molecule has 0 aliphatic rings. The zero-order valence-electron chi connectivity index (χ0n) is 22.6. The Hall–Kier alpha value is -2.83. The van der Waals surface area contributed by atoms with Gasteiger partial charge in [-0.25, -0.2) is 4.79 Å². The number of urea groups is 1. The van der Waals surface area contributed by atoms with Gasteiger partial charge in [0.15, 0.2) is 0 Å². The second-order valence-electron chi connectivity index (χ2n) is 11.2. The van der Waals surface area contributed by atoms with Gasteiger partial charge in [-0.15, -0.1) is 0 Å². The van der Waals surface area contributed by atoms with Gasteiger partial charge in [-0.1, -0.05) is 80.5 Å². The zero-order chi connectivity index (χ0) is 25.8. The van der Waals surface area contributed by atoms with Gasteiger partial charge >= 0.3 is 6.03 Å². The molecule has 0 atom stereocenters. The van der Waals surface area contributed by atoms with Gasteiger partial charge in [0.2, 0.25) is 5.91 Å². The average Bonchev–Trinajstić information content (AvgIpc) is 3.07. The van der Waals surface area contributed by atoms with Crippen LogP contribution in [0.2, 0.25) is 0 Å². The summed E-state index contributed by atoms with van der Waals surface area (Å²) in [6.45, 7) is 19.2. The Morgan fingerprint density at radius 1 is 1.00 bits per heavy atom. The van der Waals surface area contributed by atoms with Crippen molar-refractivity contribution in [1.29, 1.82) is 0 Å². The monoisotopic (exact) mass is 469 g/mol. The molecule has 7 heteroatoms. The number of anilines is 2. The second kappa shape index (κ2) is 11.1. The number of nitrogens with one attached hydrogen (secondary N) is 2. The van der Waals surface area contributed by atoms with Crippen molar-refractivity contribution < 1.29 is 9.59 Å². The Labute approximate surface area is 205 Å². The number of nitrogens with zero attached hydrogens (tertiary/aromatic N) is 3. The minimum atomic E-state index is -0.265. The predicted octanol–water partition coefficient (Wildman–Crippen LogP) is 6.09. The zero-order valence-corrected chi connectivity index (χ0v) is 22.6. The molecule has 1 heterocycles. The third-order valence-electron chi connectivity index (χ3n) is 5.73. The van der Waals surface area contributed by atoms with Gasteiger partial charge < -0.3 is 15.5 Å². The summed E-state index contributed by atoms with van der Waals surface area (Å²) in [5.41, 5.74) is 3.82. The van der Waals surface area contributed by atoms with E-state index >= 15 is 0 Å².